The van der Waals surface area contributed by atoms with Gasteiger partial charge in [-0.1, -0.05) is 78.9 Å². The molecule has 0 bridgehead atoms. The van der Waals surface area contributed by atoms with Crippen LogP contribution in [0, 0.1) is 6.92 Å². The van der Waals surface area contributed by atoms with Gasteiger partial charge in [-0.2, -0.15) is 5.10 Å². The molecular formula is C25H19N3. The predicted molar refractivity (Wildman–Crippen MR) is 114 cm³/mol. The molecule has 3 aromatic carbocycles. The average molecular weight is 361 g/mol. The lowest BCUT2D eigenvalue weighted by Crippen LogP contribution is -2.03. The van der Waals surface area contributed by atoms with Gasteiger partial charge in [-0.25, -0.2) is 9.67 Å². The Balaban J connectivity index is 1.75. The Bertz CT molecular complexity index is 1260. The van der Waals surface area contributed by atoms with E-state index in [1.165, 1.54) is 10.9 Å². The molecule has 0 saturated heterocycles. The van der Waals surface area contributed by atoms with Crippen molar-refractivity contribution < 1.29 is 0 Å². The van der Waals surface area contributed by atoms with Crippen molar-refractivity contribution in [2.45, 2.75) is 6.92 Å². The third kappa shape index (κ3) is 2.87. The van der Waals surface area contributed by atoms with E-state index in [0.29, 0.717) is 0 Å². The van der Waals surface area contributed by atoms with Crippen LogP contribution in [0.4, 0.5) is 0 Å². The summed E-state index contributed by atoms with van der Waals surface area (Å²) in [6.45, 7) is 2.12. The van der Waals surface area contributed by atoms with Gasteiger partial charge < -0.3 is 0 Å². The van der Waals surface area contributed by atoms with Crippen molar-refractivity contribution in [3.05, 3.63) is 103 Å². The third-order valence-corrected chi connectivity index (χ3v) is 4.97. The largest absolute Gasteiger partial charge is 0.229 e. The van der Waals surface area contributed by atoms with Gasteiger partial charge in [-0.3, -0.25) is 0 Å². The van der Waals surface area contributed by atoms with Gasteiger partial charge in [0, 0.05) is 16.5 Å². The number of aryl methyl sites for hydroxylation is 1. The van der Waals surface area contributed by atoms with E-state index in [4.69, 9.17) is 10.1 Å². The van der Waals surface area contributed by atoms with Crippen molar-refractivity contribution in [1.82, 2.24) is 14.8 Å². The first-order valence-corrected chi connectivity index (χ1v) is 9.37. The molecule has 5 rings (SSSR count). The van der Waals surface area contributed by atoms with Crippen molar-refractivity contribution in [3.63, 3.8) is 0 Å². The standard InChI is InChI=1S/C25H19N3/c1-18-16-25(26-22-15-9-8-14-21(18)22)28-24(20-12-6-3-7-13-20)17-23(27-28)19-10-4-2-5-11-19/h2-17H,1H3. The van der Waals surface area contributed by atoms with Gasteiger partial charge in [0.15, 0.2) is 5.82 Å². The molecule has 0 aliphatic rings. The molecule has 0 radical (unpaired) electrons. The molecule has 134 valence electrons. The minimum atomic E-state index is 0.831. The van der Waals surface area contributed by atoms with Crippen molar-refractivity contribution in [1.29, 1.82) is 0 Å². The normalized spacial score (nSPS) is 11.0. The van der Waals surface area contributed by atoms with Gasteiger partial charge in [0.2, 0.25) is 0 Å². The quantitative estimate of drug-likeness (QED) is 0.391. The molecule has 28 heavy (non-hydrogen) atoms. The van der Waals surface area contributed by atoms with E-state index in [1.54, 1.807) is 0 Å². The van der Waals surface area contributed by atoms with Crippen molar-refractivity contribution >= 4 is 10.9 Å². The number of nitrogens with zero attached hydrogens (tertiary/aromatic N) is 3. The second-order valence-corrected chi connectivity index (χ2v) is 6.87. The minimum absolute atomic E-state index is 0.831. The van der Waals surface area contributed by atoms with Gasteiger partial charge in [-0.05, 0) is 30.7 Å². The fraction of sp³-hybridized carbons (Fsp3) is 0.0400. The van der Waals surface area contributed by atoms with Crippen LogP contribution in [0.2, 0.25) is 0 Å². The number of hydrogen-bond donors (Lipinski definition) is 0. The highest BCUT2D eigenvalue weighted by molar-refractivity contribution is 5.83. The molecule has 0 N–H and O–H groups in total. The number of para-hydroxylation sites is 1. The third-order valence-electron chi connectivity index (χ3n) is 4.97. The summed E-state index contributed by atoms with van der Waals surface area (Å²) in [5.41, 5.74) is 6.35. The number of pyridine rings is 1. The maximum absolute atomic E-state index is 4.93. The summed E-state index contributed by atoms with van der Waals surface area (Å²) in [7, 11) is 0. The number of rotatable bonds is 3. The van der Waals surface area contributed by atoms with Gasteiger partial charge in [-0.15, -0.1) is 0 Å². The lowest BCUT2D eigenvalue weighted by Gasteiger charge is -2.10. The molecular weight excluding hydrogens is 342 g/mol. The maximum atomic E-state index is 4.93. The number of hydrogen-bond acceptors (Lipinski definition) is 2. The molecule has 2 heterocycles. The second kappa shape index (κ2) is 6.78. The van der Waals surface area contributed by atoms with Gasteiger partial charge in [0.1, 0.15) is 0 Å². The van der Waals surface area contributed by atoms with E-state index in [2.05, 4.69) is 55.5 Å². The van der Waals surface area contributed by atoms with E-state index < -0.39 is 0 Å². The van der Waals surface area contributed by atoms with Crippen molar-refractivity contribution in [3.8, 4) is 28.3 Å². The number of fused-ring (bicyclic) bond motifs is 1. The molecule has 0 amide bonds. The molecule has 3 nitrogen and oxygen atoms in total. The molecule has 0 fully saturated rings. The fourth-order valence-corrected chi connectivity index (χ4v) is 3.56. The Morgan fingerprint density at radius 2 is 1.32 bits per heavy atom. The first kappa shape index (κ1) is 16.5. The predicted octanol–water partition coefficient (Wildman–Crippen LogP) is 6.06. The van der Waals surface area contributed by atoms with E-state index in [0.717, 1.165) is 33.8 Å². The van der Waals surface area contributed by atoms with Crippen molar-refractivity contribution in [2.75, 3.05) is 0 Å². The lowest BCUT2D eigenvalue weighted by molar-refractivity contribution is 0.862. The summed E-state index contributed by atoms with van der Waals surface area (Å²) < 4.78 is 1.96. The average Bonchev–Trinajstić information content (AvgIpc) is 3.21. The van der Waals surface area contributed by atoms with E-state index in [-0.39, 0.29) is 0 Å². The molecule has 3 heteroatoms. The van der Waals surface area contributed by atoms with Gasteiger partial charge >= 0.3 is 0 Å². The van der Waals surface area contributed by atoms with E-state index >= 15 is 0 Å². The van der Waals surface area contributed by atoms with Crippen LogP contribution < -0.4 is 0 Å². The molecule has 0 atom stereocenters. The monoisotopic (exact) mass is 361 g/mol. The first-order chi connectivity index (χ1) is 13.8. The summed E-state index contributed by atoms with van der Waals surface area (Å²) >= 11 is 0. The van der Waals surface area contributed by atoms with Crippen LogP contribution in [-0.2, 0) is 0 Å². The lowest BCUT2D eigenvalue weighted by atomic mass is 10.1. The maximum Gasteiger partial charge on any atom is 0.155 e. The van der Waals surface area contributed by atoms with Gasteiger partial charge in [0.05, 0.1) is 16.9 Å². The number of aromatic nitrogens is 3. The Morgan fingerprint density at radius 1 is 0.679 bits per heavy atom. The van der Waals surface area contributed by atoms with Crippen molar-refractivity contribution in [2.24, 2.45) is 0 Å². The Labute approximate surface area is 163 Å². The summed E-state index contributed by atoms with van der Waals surface area (Å²) in [4.78, 5) is 4.90. The van der Waals surface area contributed by atoms with Crippen LogP contribution in [0.25, 0.3) is 39.2 Å². The minimum Gasteiger partial charge on any atom is -0.229 e. The Morgan fingerprint density at radius 3 is 2.07 bits per heavy atom. The highest BCUT2D eigenvalue weighted by atomic mass is 15.3. The summed E-state index contributed by atoms with van der Waals surface area (Å²) in [5.74, 6) is 0.831. The second-order valence-electron chi connectivity index (χ2n) is 6.87. The Kier molecular flexibility index (Phi) is 3.99. The first-order valence-electron chi connectivity index (χ1n) is 9.37. The van der Waals surface area contributed by atoms with Gasteiger partial charge in [0.25, 0.3) is 0 Å². The van der Waals surface area contributed by atoms with Crippen LogP contribution in [0.1, 0.15) is 5.56 Å². The SMILES string of the molecule is Cc1cc(-n2nc(-c3ccccc3)cc2-c2ccccc2)nc2ccccc12. The molecule has 2 aromatic heterocycles. The highest BCUT2D eigenvalue weighted by Crippen LogP contribution is 2.29. The highest BCUT2D eigenvalue weighted by Gasteiger charge is 2.15. The van der Waals surface area contributed by atoms with E-state index in [1.807, 2.05) is 53.2 Å². The molecule has 0 aliphatic heterocycles. The van der Waals surface area contributed by atoms with Crippen LogP contribution in [0.5, 0.6) is 0 Å². The molecule has 0 aliphatic carbocycles. The smallest absolute Gasteiger partial charge is 0.155 e. The van der Waals surface area contributed by atoms with Crippen LogP contribution in [-0.4, -0.2) is 14.8 Å². The topological polar surface area (TPSA) is 30.7 Å². The van der Waals surface area contributed by atoms with Crippen LogP contribution in [0.15, 0.2) is 97.1 Å². The molecule has 0 spiro atoms. The fourth-order valence-electron chi connectivity index (χ4n) is 3.56. The molecule has 0 saturated carbocycles. The zero-order valence-corrected chi connectivity index (χ0v) is 15.6. The molecule has 5 aromatic rings. The zero-order chi connectivity index (χ0) is 18.9. The van der Waals surface area contributed by atoms with E-state index in [9.17, 15) is 0 Å². The number of benzene rings is 3. The summed E-state index contributed by atoms with van der Waals surface area (Å²) in [6, 6.07) is 33.1. The van der Waals surface area contributed by atoms with Crippen LogP contribution in [0.3, 0.4) is 0 Å². The summed E-state index contributed by atoms with van der Waals surface area (Å²) in [6.07, 6.45) is 0. The molecule has 0 unspecified atom stereocenters. The Hall–Kier alpha value is -3.72. The van der Waals surface area contributed by atoms with Crippen LogP contribution >= 0.6 is 0 Å². The summed E-state index contributed by atoms with van der Waals surface area (Å²) in [5, 5.41) is 6.10. The zero-order valence-electron chi connectivity index (χ0n) is 15.6.